The second kappa shape index (κ2) is 5.42. The fraction of sp³-hybridized carbons (Fsp3) is 0.500. The summed E-state index contributed by atoms with van der Waals surface area (Å²) in [6.07, 6.45) is 0. The van der Waals surface area contributed by atoms with Gasteiger partial charge >= 0.3 is 0 Å². The molecule has 0 aliphatic carbocycles. The topological polar surface area (TPSA) is 35.8 Å². The molecule has 1 N–H and O–H groups in total. The Labute approximate surface area is 109 Å². The number of benzene rings is 1. The van der Waals surface area contributed by atoms with Crippen LogP contribution in [0.4, 0.5) is 5.69 Å². The minimum Gasteiger partial charge on any atom is -0.383 e. The van der Waals surface area contributed by atoms with Crippen LogP contribution in [0, 0.1) is 22.7 Å². The fourth-order valence-electron chi connectivity index (χ4n) is 1.29. The van der Waals surface area contributed by atoms with Gasteiger partial charge in [-0.05, 0) is 29.5 Å². The number of hydrogen-bond donors (Lipinski definition) is 1. The fourth-order valence-corrected chi connectivity index (χ4v) is 1.46. The number of nitriles is 1. The van der Waals surface area contributed by atoms with E-state index in [2.05, 4.69) is 39.1 Å². The van der Waals surface area contributed by atoms with E-state index in [1.807, 2.05) is 0 Å². The van der Waals surface area contributed by atoms with Gasteiger partial charge in [0.25, 0.3) is 0 Å². The van der Waals surface area contributed by atoms with Crippen LogP contribution < -0.4 is 5.32 Å². The Morgan fingerprint density at radius 1 is 1.41 bits per heavy atom. The molecule has 0 amide bonds. The van der Waals surface area contributed by atoms with Crippen molar-refractivity contribution >= 4 is 17.3 Å². The highest BCUT2D eigenvalue weighted by Gasteiger charge is 2.22. The van der Waals surface area contributed by atoms with Crippen molar-refractivity contribution in [3.8, 4) is 6.07 Å². The standard InChI is InChI=1S/C14H19ClN2/c1-10(2)14(3,4)9-17-13-7-12(15)6-5-11(13)8-16/h5-7,10,17H,9H2,1-4H3. The third-order valence-electron chi connectivity index (χ3n) is 3.40. The van der Waals surface area contributed by atoms with Gasteiger partial charge in [0.15, 0.2) is 0 Å². The number of rotatable bonds is 4. The molecule has 0 heterocycles. The van der Waals surface area contributed by atoms with Gasteiger partial charge in [-0.1, -0.05) is 39.3 Å². The normalized spacial score (nSPS) is 11.4. The lowest BCUT2D eigenvalue weighted by molar-refractivity contribution is 0.269. The summed E-state index contributed by atoms with van der Waals surface area (Å²) >= 11 is 5.94. The van der Waals surface area contributed by atoms with Crippen molar-refractivity contribution in [2.24, 2.45) is 11.3 Å². The Kier molecular flexibility index (Phi) is 4.42. The van der Waals surface area contributed by atoms with Gasteiger partial charge in [0.2, 0.25) is 0 Å². The number of hydrogen-bond acceptors (Lipinski definition) is 2. The quantitative estimate of drug-likeness (QED) is 0.865. The molecule has 92 valence electrons. The highest BCUT2D eigenvalue weighted by atomic mass is 35.5. The van der Waals surface area contributed by atoms with Gasteiger partial charge in [-0.15, -0.1) is 0 Å². The molecular formula is C14H19ClN2. The van der Waals surface area contributed by atoms with Crippen LogP contribution in [-0.2, 0) is 0 Å². The molecule has 1 aromatic carbocycles. The first kappa shape index (κ1) is 13.9. The molecule has 0 fully saturated rings. The minimum atomic E-state index is 0.176. The van der Waals surface area contributed by atoms with E-state index in [9.17, 15) is 0 Å². The highest BCUT2D eigenvalue weighted by molar-refractivity contribution is 6.30. The summed E-state index contributed by atoms with van der Waals surface area (Å²) in [4.78, 5) is 0. The van der Waals surface area contributed by atoms with Gasteiger partial charge in [0, 0.05) is 11.6 Å². The third-order valence-corrected chi connectivity index (χ3v) is 3.63. The first-order chi connectivity index (χ1) is 7.86. The zero-order chi connectivity index (χ0) is 13.1. The van der Waals surface area contributed by atoms with Crippen molar-refractivity contribution < 1.29 is 0 Å². The molecule has 0 aliphatic rings. The van der Waals surface area contributed by atoms with E-state index in [1.54, 1.807) is 18.2 Å². The molecule has 0 saturated carbocycles. The van der Waals surface area contributed by atoms with Crippen molar-refractivity contribution in [1.82, 2.24) is 0 Å². The zero-order valence-electron chi connectivity index (χ0n) is 10.8. The van der Waals surface area contributed by atoms with E-state index in [4.69, 9.17) is 16.9 Å². The number of anilines is 1. The monoisotopic (exact) mass is 250 g/mol. The first-order valence-electron chi connectivity index (χ1n) is 5.80. The van der Waals surface area contributed by atoms with Gasteiger partial charge in [-0.2, -0.15) is 5.26 Å². The molecule has 0 atom stereocenters. The average molecular weight is 251 g/mol. The van der Waals surface area contributed by atoms with Gasteiger partial charge < -0.3 is 5.32 Å². The summed E-state index contributed by atoms with van der Waals surface area (Å²) in [5, 5.41) is 13.0. The summed E-state index contributed by atoms with van der Waals surface area (Å²) in [7, 11) is 0. The largest absolute Gasteiger partial charge is 0.383 e. The highest BCUT2D eigenvalue weighted by Crippen LogP contribution is 2.28. The Bertz CT molecular complexity index is 430. The molecule has 0 spiro atoms. The maximum Gasteiger partial charge on any atom is 0.101 e. The summed E-state index contributed by atoms with van der Waals surface area (Å²) in [6.45, 7) is 9.64. The summed E-state index contributed by atoms with van der Waals surface area (Å²) < 4.78 is 0. The van der Waals surface area contributed by atoms with Gasteiger partial charge in [-0.25, -0.2) is 0 Å². The summed E-state index contributed by atoms with van der Waals surface area (Å²) in [5.41, 5.74) is 1.62. The van der Waals surface area contributed by atoms with Gasteiger partial charge in [-0.3, -0.25) is 0 Å². The lowest BCUT2D eigenvalue weighted by Gasteiger charge is -2.30. The second-order valence-electron chi connectivity index (χ2n) is 5.30. The zero-order valence-corrected chi connectivity index (χ0v) is 11.6. The van der Waals surface area contributed by atoms with E-state index in [0.29, 0.717) is 16.5 Å². The van der Waals surface area contributed by atoms with Gasteiger partial charge in [0.05, 0.1) is 11.3 Å². The maximum atomic E-state index is 9.01. The molecule has 0 saturated heterocycles. The predicted molar refractivity (Wildman–Crippen MR) is 73.3 cm³/mol. The van der Waals surface area contributed by atoms with E-state index in [0.717, 1.165) is 12.2 Å². The van der Waals surface area contributed by atoms with Crippen LogP contribution in [0.1, 0.15) is 33.3 Å². The predicted octanol–water partition coefficient (Wildman–Crippen LogP) is 4.31. The number of nitrogens with one attached hydrogen (secondary N) is 1. The Morgan fingerprint density at radius 2 is 2.06 bits per heavy atom. The molecule has 0 aromatic heterocycles. The third kappa shape index (κ3) is 3.64. The molecule has 17 heavy (non-hydrogen) atoms. The number of halogens is 1. The molecule has 0 aliphatic heterocycles. The SMILES string of the molecule is CC(C)C(C)(C)CNc1cc(Cl)ccc1C#N. The second-order valence-corrected chi connectivity index (χ2v) is 5.73. The van der Waals surface area contributed by atoms with Crippen LogP contribution in [0.3, 0.4) is 0 Å². The Morgan fingerprint density at radius 3 is 2.59 bits per heavy atom. The molecule has 1 rings (SSSR count). The van der Waals surface area contributed by atoms with Gasteiger partial charge in [0.1, 0.15) is 6.07 Å². The molecule has 1 aromatic rings. The Balaban J connectivity index is 2.83. The molecular weight excluding hydrogens is 232 g/mol. The van der Waals surface area contributed by atoms with E-state index >= 15 is 0 Å². The Hall–Kier alpha value is -1.20. The van der Waals surface area contributed by atoms with Crippen LogP contribution in [0.15, 0.2) is 18.2 Å². The van der Waals surface area contributed by atoms with Crippen molar-refractivity contribution in [1.29, 1.82) is 5.26 Å². The van der Waals surface area contributed by atoms with Crippen molar-refractivity contribution in [3.05, 3.63) is 28.8 Å². The van der Waals surface area contributed by atoms with Crippen molar-refractivity contribution in [3.63, 3.8) is 0 Å². The van der Waals surface area contributed by atoms with Crippen LogP contribution in [-0.4, -0.2) is 6.54 Å². The van der Waals surface area contributed by atoms with Crippen LogP contribution in [0.2, 0.25) is 5.02 Å². The first-order valence-corrected chi connectivity index (χ1v) is 6.18. The van der Waals surface area contributed by atoms with E-state index in [-0.39, 0.29) is 5.41 Å². The lowest BCUT2D eigenvalue weighted by Crippen LogP contribution is -2.28. The van der Waals surface area contributed by atoms with E-state index in [1.165, 1.54) is 0 Å². The van der Waals surface area contributed by atoms with Crippen LogP contribution in [0.5, 0.6) is 0 Å². The molecule has 0 bridgehead atoms. The van der Waals surface area contributed by atoms with Crippen molar-refractivity contribution in [2.75, 3.05) is 11.9 Å². The average Bonchev–Trinajstić information content (AvgIpc) is 2.26. The molecule has 0 unspecified atom stereocenters. The smallest absolute Gasteiger partial charge is 0.101 e. The van der Waals surface area contributed by atoms with Crippen LogP contribution in [0.25, 0.3) is 0 Å². The summed E-state index contributed by atoms with van der Waals surface area (Å²) in [6, 6.07) is 7.45. The number of nitrogens with zero attached hydrogens (tertiary/aromatic N) is 1. The lowest BCUT2D eigenvalue weighted by atomic mass is 9.81. The molecule has 0 radical (unpaired) electrons. The van der Waals surface area contributed by atoms with Crippen LogP contribution >= 0.6 is 11.6 Å². The molecule has 2 nitrogen and oxygen atoms in total. The molecule has 3 heteroatoms. The van der Waals surface area contributed by atoms with E-state index < -0.39 is 0 Å². The van der Waals surface area contributed by atoms with Crippen molar-refractivity contribution in [2.45, 2.75) is 27.7 Å². The maximum absolute atomic E-state index is 9.01. The minimum absolute atomic E-state index is 0.176. The summed E-state index contributed by atoms with van der Waals surface area (Å²) in [5.74, 6) is 0.569.